The molecule has 0 unspecified atom stereocenters. The van der Waals surface area contributed by atoms with Crippen LogP contribution in [0.2, 0.25) is 0 Å². The standard InChI is InChI=1S/C21H34N4O9/c1-13(26)24-19-17(30-10-8-6-5-7-9-23-25-22)11-32-18(12-31-14(2)27)20(33-15(3)28)21(19)34-16(4)29/h17-21H,5-12H2,1-4H3,(H,24,26)/t17-,18+,19+,20-,21+/m0/s1. The lowest BCUT2D eigenvalue weighted by Crippen LogP contribution is -2.58. The maximum absolute atomic E-state index is 12.0. The van der Waals surface area contributed by atoms with Gasteiger partial charge in [-0.25, -0.2) is 0 Å². The van der Waals surface area contributed by atoms with Gasteiger partial charge in [-0.05, 0) is 18.4 Å². The summed E-state index contributed by atoms with van der Waals surface area (Å²) >= 11 is 0. The Morgan fingerprint density at radius 3 is 2.21 bits per heavy atom. The molecule has 0 saturated carbocycles. The van der Waals surface area contributed by atoms with Crippen molar-refractivity contribution >= 4 is 23.8 Å². The molecule has 13 heteroatoms. The number of esters is 3. The molecule has 1 heterocycles. The van der Waals surface area contributed by atoms with E-state index < -0.39 is 54.3 Å². The summed E-state index contributed by atoms with van der Waals surface area (Å²) in [5.41, 5.74) is 8.30. The SMILES string of the molecule is CC(=O)N[C@H]1[C@@H](OC(C)=O)[C@@H](OC(C)=O)[C@@H](COC(C)=O)OC[C@@H]1OCCCCCCN=[N+]=[N-]. The normalized spacial score (nSPS) is 24.2. The zero-order valence-electron chi connectivity index (χ0n) is 20.1. The molecule has 1 aliphatic rings. The van der Waals surface area contributed by atoms with E-state index >= 15 is 0 Å². The smallest absolute Gasteiger partial charge is 0.303 e. The highest BCUT2D eigenvalue weighted by Gasteiger charge is 2.48. The number of amides is 1. The van der Waals surface area contributed by atoms with Crippen LogP contribution in [0, 0.1) is 0 Å². The molecule has 1 rings (SSSR count). The summed E-state index contributed by atoms with van der Waals surface area (Å²) in [5, 5.41) is 6.21. The Bertz CT molecular complexity index is 742. The van der Waals surface area contributed by atoms with Crippen molar-refractivity contribution in [2.75, 3.05) is 26.4 Å². The molecule has 34 heavy (non-hydrogen) atoms. The van der Waals surface area contributed by atoms with Crippen LogP contribution in [-0.4, -0.2) is 80.6 Å². The van der Waals surface area contributed by atoms with Gasteiger partial charge < -0.3 is 29.0 Å². The van der Waals surface area contributed by atoms with E-state index in [1.165, 1.54) is 27.7 Å². The van der Waals surface area contributed by atoms with Gasteiger partial charge in [0, 0.05) is 45.8 Å². The van der Waals surface area contributed by atoms with Crippen LogP contribution in [0.1, 0.15) is 53.4 Å². The van der Waals surface area contributed by atoms with Gasteiger partial charge in [-0.15, -0.1) is 0 Å². The molecule has 0 bridgehead atoms. The molecule has 1 saturated heterocycles. The van der Waals surface area contributed by atoms with Gasteiger partial charge in [0.1, 0.15) is 18.8 Å². The van der Waals surface area contributed by atoms with E-state index in [2.05, 4.69) is 15.3 Å². The fraction of sp³-hybridized carbons (Fsp3) is 0.810. The number of unbranched alkanes of at least 4 members (excludes halogenated alkanes) is 3. The second-order valence-corrected chi connectivity index (χ2v) is 7.83. The second-order valence-electron chi connectivity index (χ2n) is 7.83. The number of carbonyl (C=O) groups is 4. The average Bonchev–Trinajstić information content (AvgIpc) is 2.85. The average molecular weight is 487 g/mol. The molecule has 0 radical (unpaired) electrons. The van der Waals surface area contributed by atoms with Crippen LogP contribution in [0.5, 0.6) is 0 Å². The number of carbonyl (C=O) groups excluding carboxylic acids is 4. The summed E-state index contributed by atoms with van der Waals surface area (Å²) in [6.45, 7) is 5.36. The third-order valence-electron chi connectivity index (χ3n) is 4.89. The maximum Gasteiger partial charge on any atom is 0.303 e. The molecule has 0 aromatic heterocycles. The Labute approximate surface area is 198 Å². The van der Waals surface area contributed by atoms with E-state index in [4.69, 9.17) is 29.2 Å². The fourth-order valence-electron chi connectivity index (χ4n) is 3.53. The second kappa shape index (κ2) is 15.9. The summed E-state index contributed by atoms with van der Waals surface area (Å²) in [6, 6.07) is -0.891. The largest absolute Gasteiger partial charge is 0.463 e. The molecule has 0 aromatic carbocycles. The van der Waals surface area contributed by atoms with Crippen molar-refractivity contribution < 1.29 is 42.9 Å². The maximum atomic E-state index is 12.0. The van der Waals surface area contributed by atoms with Gasteiger partial charge in [-0.2, -0.15) is 0 Å². The Balaban J connectivity index is 3.04. The van der Waals surface area contributed by atoms with Crippen LogP contribution in [0.4, 0.5) is 0 Å². The number of hydrogen-bond donors (Lipinski definition) is 1. The quantitative estimate of drug-likeness (QED) is 0.101. The molecule has 0 aromatic rings. The molecule has 1 aliphatic heterocycles. The first-order valence-corrected chi connectivity index (χ1v) is 11.1. The molecule has 0 spiro atoms. The Morgan fingerprint density at radius 1 is 0.971 bits per heavy atom. The summed E-state index contributed by atoms with van der Waals surface area (Å²) in [5.74, 6) is -2.30. The Morgan fingerprint density at radius 2 is 1.62 bits per heavy atom. The van der Waals surface area contributed by atoms with Crippen LogP contribution >= 0.6 is 0 Å². The van der Waals surface area contributed by atoms with Gasteiger partial charge in [0.2, 0.25) is 5.91 Å². The van der Waals surface area contributed by atoms with Crippen LogP contribution in [0.3, 0.4) is 0 Å². The highest BCUT2D eigenvalue weighted by atomic mass is 16.6. The predicted octanol–water partition coefficient (Wildman–Crippen LogP) is 1.57. The van der Waals surface area contributed by atoms with Crippen LogP contribution in [0.15, 0.2) is 5.11 Å². The van der Waals surface area contributed by atoms with Crippen molar-refractivity contribution in [1.82, 2.24) is 5.32 Å². The number of azide groups is 1. The topological polar surface area (TPSA) is 175 Å². The number of nitrogens with zero attached hydrogens (tertiary/aromatic N) is 3. The van der Waals surface area contributed by atoms with Crippen LogP contribution in [0.25, 0.3) is 10.4 Å². The van der Waals surface area contributed by atoms with Crippen molar-refractivity contribution in [3.8, 4) is 0 Å². The lowest BCUT2D eigenvalue weighted by Gasteiger charge is -2.35. The monoisotopic (exact) mass is 486 g/mol. The molecule has 192 valence electrons. The molecular formula is C21H34N4O9. The van der Waals surface area contributed by atoms with Gasteiger partial charge in [0.25, 0.3) is 0 Å². The number of ether oxygens (including phenoxy) is 5. The lowest BCUT2D eigenvalue weighted by atomic mass is 9.97. The van der Waals surface area contributed by atoms with E-state index in [0.29, 0.717) is 19.6 Å². The minimum Gasteiger partial charge on any atom is -0.463 e. The summed E-state index contributed by atoms with van der Waals surface area (Å²) in [6.07, 6.45) is -0.858. The van der Waals surface area contributed by atoms with E-state index in [1.807, 2.05) is 0 Å². The first-order chi connectivity index (χ1) is 16.1. The van der Waals surface area contributed by atoms with Gasteiger partial charge >= 0.3 is 17.9 Å². The van der Waals surface area contributed by atoms with E-state index in [0.717, 1.165) is 19.3 Å². The first kappa shape index (κ1) is 29.1. The van der Waals surface area contributed by atoms with Crippen molar-refractivity contribution in [2.24, 2.45) is 5.11 Å². The zero-order chi connectivity index (χ0) is 25.5. The fourth-order valence-corrected chi connectivity index (χ4v) is 3.53. The first-order valence-electron chi connectivity index (χ1n) is 11.1. The van der Waals surface area contributed by atoms with Gasteiger partial charge in [-0.1, -0.05) is 18.0 Å². The van der Waals surface area contributed by atoms with E-state index in [9.17, 15) is 19.2 Å². The molecule has 0 aliphatic carbocycles. The zero-order valence-corrected chi connectivity index (χ0v) is 20.1. The molecule has 13 nitrogen and oxygen atoms in total. The number of nitrogens with one attached hydrogen (secondary N) is 1. The number of hydrogen-bond acceptors (Lipinski definition) is 10. The highest BCUT2D eigenvalue weighted by molar-refractivity contribution is 5.73. The van der Waals surface area contributed by atoms with Crippen molar-refractivity contribution in [3.63, 3.8) is 0 Å². The van der Waals surface area contributed by atoms with Gasteiger partial charge in [0.05, 0.1) is 12.6 Å². The lowest BCUT2D eigenvalue weighted by molar-refractivity contribution is -0.182. The molecule has 1 N–H and O–H groups in total. The molecular weight excluding hydrogens is 452 g/mol. The van der Waals surface area contributed by atoms with Crippen molar-refractivity contribution in [2.45, 2.75) is 83.8 Å². The molecule has 1 fully saturated rings. The minimum absolute atomic E-state index is 0.0384. The van der Waals surface area contributed by atoms with Gasteiger partial charge in [0.15, 0.2) is 12.2 Å². The van der Waals surface area contributed by atoms with E-state index in [-0.39, 0.29) is 13.2 Å². The highest BCUT2D eigenvalue weighted by Crippen LogP contribution is 2.25. The molecule has 1 amide bonds. The van der Waals surface area contributed by atoms with Crippen molar-refractivity contribution in [1.29, 1.82) is 0 Å². The summed E-state index contributed by atoms with van der Waals surface area (Å²) < 4.78 is 27.8. The van der Waals surface area contributed by atoms with E-state index in [1.54, 1.807) is 0 Å². The summed E-state index contributed by atoms with van der Waals surface area (Å²) in [4.78, 5) is 49.7. The third kappa shape index (κ3) is 11.3. The predicted molar refractivity (Wildman–Crippen MR) is 117 cm³/mol. The van der Waals surface area contributed by atoms with Crippen LogP contribution < -0.4 is 5.32 Å². The van der Waals surface area contributed by atoms with Crippen LogP contribution in [-0.2, 0) is 42.9 Å². The molecule has 5 atom stereocenters. The number of rotatable bonds is 13. The Kier molecular flexibility index (Phi) is 13.6. The summed E-state index contributed by atoms with van der Waals surface area (Å²) in [7, 11) is 0. The Hall–Kier alpha value is -2.89. The van der Waals surface area contributed by atoms with Crippen molar-refractivity contribution in [3.05, 3.63) is 10.4 Å². The minimum atomic E-state index is -1.16. The van der Waals surface area contributed by atoms with Gasteiger partial charge in [-0.3, -0.25) is 19.2 Å². The third-order valence-corrected chi connectivity index (χ3v) is 4.89.